The van der Waals surface area contributed by atoms with Crippen LogP contribution in [0, 0.1) is 0 Å². The van der Waals surface area contributed by atoms with Gasteiger partial charge in [0.05, 0.1) is 0 Å². The number of alkyl halides is 3. The van der Waals surface area contributed by atoms with Crippen LogP contribution in [0.1, 0.15) is 10.4 Å². The summed E-state index contributed by atoms with van der Waals surface area (Å²) in [5, 5.41) is 17.7. The molecule has 22 heavy (non-hydrogen) atoms. The van der Waals surface area contributed by atoms with Crippen molar-refractivity contribution in [3.8, 4) is 0 Å². The van der Waals surface area contributed by atoms with Crippen molar-refractivity contribution < 1.29 is 32.8 Å². The second-order valence-corrected chi connectivity index (χ2v) is 4.61. The fourth-order valence-corrected chi connectivity index (χ4v) is 1.99. The zero-order valence-electron chi connectivity index (χ0n) is 11.0. The molecular weight excluding hydrogens is 300 g/mol. The van der Waals surface area contributed by atoms with Crippen molar-refractivity contribution in [2.24, 2.45) is 0 Å². The highest BCUT2D eigenvalue weighted by atomic mass is 19.3. The van der Waals surface area contributed by atoms with E-state index in [1.165, 1.54) is 18.2 Å². The van der Waals surface area contributed by atoms with E-state index >= 15 is 0 Å². The molecule has 2 N–H and O–H groups in total. The number of hydrogen-bond donors (Lipinski definition) is 2. The summed E-state index contributed by atoms with van der Waals surface area (Å²) in [6.07, 6.45) is -3.19. The Morgan fingerprint density at radius 3 is 2.27 bits per heavy atom. The van der Waals surface area contributed by atoms with Gasteiger partial charge < -0.3 is 10.0 Å². The molecule has 0 heterocycles. The number of rotatable bonds is 5. The van der Waals surface area contributed by atoms with Crippen LogP contribution in [0.2, 0.25) is 0 Å². The monoisotopic (exact) mass is 310 g/mol. The van der Waals surface area contributed by atoms with Crippen LogP contribution in [0.25, 0.3) is 10.8 Å². The van der Waals surface area contributed by atoms with Crippen molar-refractivity contribution in [1.29, 1.82) is 0 Å². The van der Waals surface area contributed by atoms with Crippen LogP contribution >= 0.6 is 0 Å². The molecule has 8 heteroatoms. The van der Waals surface area contributed by atoms with Gasteiger partial charge in [-0.2, -0.15) is 0 Å². The quantitative estimate of drug-likeness (QED) is 0.499. The number of fused-ring (bicyclic) bond motifs is 1. The van der Waals surface area contributed by atoms with Gasteiger partial charge in [-0.25, -0.2) is 13.2 Å². The topological polar surface area (TPSA) is 74.6 Å². The fraction of sp³-hybridized carbons (Fsp3) is 0.143. The molecule has 0 aliphatic heterocycles. The standard InChI is InChI=1S/C14H10BF3O4/c16-11(13(20)14(17,18)15(21)22)12(19)10-7-3-5-8-4-1-2-6-9(8)10/h1-7,11,21-22H. The second-order valence-electron chi connectivity index (χ2n) is 4.61. The largest absolute Gasteiger partial charge is 0.538 e. The molecule has 0 saturated heterocycles. The normalized spacial score (nSPS) is 13.0. The van der Waals surface area contributed by atoms with Gasteiger partial charge in [-0.05, 0) is 10.8 Å². The number of benzene rings is 2. The van der Waals surface area contributed by atoms with Crippen LogP contribution < -0.4 is 0 Å². The first kappa shape index (κ1) is 16.2. The summed E-state index contributed by atoms with van der Waals surface area (Å²) in [4.78, 5) is 23.3. The number of carbonyl (C=O) groups is 2. The lowest BCUT2D eigenvalue weighted by atomic mass is 9.76. The molecule has 0 aromatic heterocycles. The predicted molar refractivity (Wildman–Crippen MR) is 73.3 cm³/mol. The zero-order chi connectivity index (χ0) is 16.5. The minimum absolute atomic E-state index is 0.234. The minimum Gasteiger partial charge on any atom is -0.423 e. The summed E-state index contributed by atoms with van der Waals surface area (Å²) in [5.41, 5.74) is -0.234. The van der Waals surface area contributed by atoms with E-state index in [2.05, 4.69) is 0 Å². The Labute approximate surface area is 123 Å². The van der Waals surface area contributed by atoms with Crippen LogP contribution in [0.4, 0.5) is 13.2 Å². The number of halogens is 3. The van der Waals surface area contributed by atoms with Crippen molar-refractivity contribution in [2.75, 3.05) is 0 Å². The van der Waals surface area contributed by atoms with Crippen LogP contribution in [-0.4, -0.2) is 40.7 Å². The van der Waals surface area contributed by atoms with Gasteiger partial charge in [-0.15, -0.1) is 0 Å². The Morgan fingerprint density at radius 1 is 1.05 bits per heavy atom. The number of carbonyl (C=O) groups excluding carboxylic acids is 2. The molecule has 4 nitrogen and oxygen atoms in total. The average molecular weight is 310 g/mol. The van der Waals surface area contributed by atoms with E-state index in [0.717, 1.165) is 0 Å². The Bertz CT molecular complexity index is 728. The lowest BCUT2D eigenvalue weighted by molar-refractivity contribution is -0.139. The molecule has 2 rings (SSSR count). The number of Topliss-reactive ketones (excluding diaryl/α,β-unsaturated/α-hetero) is 2. The maximum atomic E-state index is 13.9. The molecule has 1 unspecified atom stereocenters. The van der Waals surface area contributed by atoms with Crippen LogP contribution in [0.3, 0.4) is 0 Å². The third kappa shape index (κ3) is 2.75. The molecule has 0 saturated carbocycles. The van der Waals surface area contributed by atoms with Gasteiger partial charge in [0.25, 0.3) is 0 Å². The highest BCUT2D eigenvalue weighted by Gasteiger charge is 2.55. The molecule has 0 aliphatic rings. The van der Waals surface area contributed by atoms with E-state index in [1.807, 2.05) is 0 Å². The summed E-state index contributed by atoms with van der Waals surface area (Å²) in [6.45, 7) is 0. The van der Waals surface area contributed by atoms with Crippen LogP contribution in [0.5, 0.6) is 0 Å². The summed E-state index contributed by atoms with van der Waals surface area (Å²) >= 11 is 0. The van der Waals surface area contributed by atoms with E-state index in [9.17, 15) is 22.8 Å². The van der Waals surface area contributed by atoms with E-state index in [0.29, 0.717) is 10.8 Å². The third-order valence-electron chi connectivity index (χ3n) is 3.17. The Balaban J connectivity index is 2.40. The maximum Gasteiger partial charge on any atom is 0.538 e. The molecule has 0 radical (unpaired) electrons. The van der Waals surface area contributed by atoms with Crippen molar-refractivity contribution in [2.45, 2.75) is 12.0 Å². The minimum atomic E-state index is -4.76. The SMILES string of the molecule is O=C(c1cccc2ccccc12)C(F)C(=O)C(F)(F)B(O)O. The molecule has 0 bridgehead atoms. The first-order chi connectivity index (χ1) is 10.3. The van der Waals surface area contributed by atoms with Crippen LogP contribution in [0.15, 0.2) is 42.5 Å². The van der Waals surface area contributed by atoms with E-state index < -0.39 is 30.7 Å². The zero-order valence-corrected chi connectivity index (χ0v) is 11.0. The molecule has 2 aromatic carbocycles. The van der Waals surface area contributed by atoms with Crippen molar-refractivity contribution >= 4 is 29.5 Å². The van der Waals surface area contributed by atoms with E-state index in [1.54, 1.807) is 24.3 Å². The predicted octanol–water partition coefficient (Wildman–Crippen LogP) is 1.58. The maximum absolute atomic E-state index is 13.9. The van der Waals surface area contributed by atoms with Gasteiger partial charge in [0.15, 0.2) is 0 Å². The average Bonchev–Trinajstić information content (AvgIpc) is 2.52. The Kier molecular flexibility index (Phi) is 4.34. The van der Waals surface area contributed by atoms with Gasteiger partial charge in [-0.1, -0.05) is 42.5 Å². The van der Waals surface area contributed by atoms with E-state index in [-0.39, 0.29) is 5.56 Å². The molecule has 0 aliphatic carbocycles. The van der Waals surface area contributed by atoms with Crippen molar-refractivity contribution in [3.63, 3.8) is 0 Å². The van der Waals surface area contributed by atoms with Gasteiger partial charge in [0, 0.05) is 5.56 Å². The molecule has 114 valence electrons. The molecule has 0 fully saturated rings. The molecular formula is C14H10BF3O4. The number of ketones is 2. The van der Waals surface area contributed by atoms with E-state index in [4.69, 9.17) is 10.0 Å². The first-order valence-electron chi connectivity index (χ1n) is 6.21. The molecule has 0 spiro atoms. The third-order valence-corrected chi connectivity index (χ3v) is 3.17. The Hall–Kier alpha value is -2.19. The van der Waals surface area contributed by atoms with Gasteiger partial charge in [-0.3, -0.25) is 9.59 Å². The highest BCUT2D eigenvalue weighted by Crippen LogP contribution is 2.25. The van der Waals surface area contributed by atoms with Crippen LogP contribution in [-0.2, 0) is 4.79 Å². The van der Waals surface area contributed by atoms with Gasteiger partial charge in [0.1, 0.15) is 0 Å². The summed E-state index contributed by atoms with van der Waals surface area (Å²) in [7, 11) is -3.38. The van der Waals surface area contributed by atoms with Gasteiger partial charge >= 0.3 is 12.9 Å². The molecule has 1 atom stereocenters. The van der Waals surface area contributed by atoms with Crippen molar-refractivity contribution in [1.82, 2.24) is 0 Å². The molecule has 2 aromatic rings. The summed E-state index contributed by atoms with van der Waals surface area (Å²) < 4.78 is 40.1. The lowest BCUT2D eigenvalue weighted by Crippen LogP contribution is -2.50. The Morgan fingerprint density at radius 2 is 1.64 bits per heavy atom. The summed E-state index contributed by atoms with van der Waals surface area (Å²) in [5.74, 6) is -8.71. The highest BCUT2D eigenvalue weighted by molar-refractivity contribution is 6.52. The fourth-order valence-electron chi connectivity index (χ4n) is 1.99. The number of hydrogen-bond acceptors (Lipinski definition) is 4. The first-order valence-corrected chi connectivity index (χ1v) is 6.21. The van der Waals surface area contributed by atoms with Gasteiger partial charge in [0.2, 0.25) is 17.7 Å². The second kappa shape index (κ2) is 5.90. The van der Waals surface area contributed by atoms with Crippen molar-refractivity contribution in [3.05, 3.63) is 48.0 Å². The lowest BCUT2D eigenvalue weighted by Gasteiger charge is -2.16. The molecule has 0 amide bonds. The smallest absolute Gasteiger partial charge is 0.423 e. The summed E-state index contributed by atoms with van der Waals surface area (Å²) in [6, 6.07) is 10.6.